The number of carbonyl (C=O) groups is 1. The van der Waals surface area contributed by atoms with Crippen molar-refractivity contribution in [2.24, 2.45) is 0 Å². The molecule has 0 aromatic heterocycles. The standard InChI is InChI=1S/C15H13ClO3/c1-10-7-12(8-17)14(18)13(16)15(10)19-9-11-5-3-2-4-6-11/h2-8,18H,9H2,1H3. The van der Waals surface area contributed by atoms with Crippen molar-refractivity contribution >= 4 is 17.9 Å². The largest absolute Gasteiger partial charge is 0.505 e. The van der Waals surface area contributed by atoms with Crippen molar-refractivity contribution in [2.75, 3.05) is 0 Å². The van der Waals surface area contributed by atoms with Crippen molar-refractivity contribution in [3.8, 4) is 11.5 Å². The number of benzene rings is 2. The smallest absolute Gasteiger partial charge is 0.153 e. The lowest BCUT2D eigenvalue weighted by atomic mass is 10.1. The van der Waals surface area contributed by atoms with E-state index in [2.05, 4.69) is 0 Å². The highest BCUT2D eigenvalue weighted by molar-refractivity contribution is 6.34. The second-order valence-corrected chi connectivity index (χ2v) is 4.54. The van der Waals surface area contributed by atoms with Gasteiger partial charge in [-0.1, -0.05) is 41.9 Å². The topological polar surface area (TPSA) is 46.5 Å². The van der Waals surface area contributed by atoms with E-state index in [1.54, 1.807) is 13.0 Å². The van der Waals surface area contributed by atoms with Crippen LogP contribution in [0, 0.1) is 6.92 Å². The molecule has 98 valence electrons. The van der Waals surface area contributed by atoms with E-state index in [-0.39, 0.29) is 16.3 Å². The summed E-state index contributed by atoms with van der Waals surface area (Å²) in [7, 11) is 0. The van der Waals surface area contributed by atoms with E-state index < -0.39 is 0 Å². The summed E-state index contributed by atoms with van der Waals surface area (Å²) >= 11 is 6.01. The SMILES string of the molecule is Cc1cc(C=O)c(O)c(Cl)c1OCc1ccccc1. The second-order valence-electron chi connectivity index (χ2n) is 4.17. The number of carbonyl (C=O) groups excluding carboxylic acids is 1. The molecule has 0 atom stereocenters. The van der Waals surface area contributed by atoms with Crippen molar-refractivity contribution in [3.05, 3.63) is 58.1 Å². The van der Waals surface area contributed by atoms with Crippen molar-refractivity contribution in [2.45, 2.75) is 13.5 Å². The normalized spacial score (nSPS) is 10.2. The Balaban J connectivity index is 2.26. The number of hydrogen-bond donors (Lipinski definition) is 1. The molecule has 2 aromatic rings. The zero-order chi connectivity index (χ0) is 13.8. The number of phenols is 1. The fourth-order valence-corrected chi connectivity index (χ4v) is 2.08. The molecule has 0 bridgehead atoms. The van der Waals surface area contributed by atoms with E-state index >= 15 is 0 Å². The molecule has 0 saturated carbocycles. The van der Waals surface area contributed by atoms with Gasteiger partial charge in [-0.05, 0) is 24.1 Å². The third kappa shape index (κ3) is 2.88. The molecule has 2 rings (SSSR count). The van der Waals surface area contributed by atoms with Crippen LogP contribution in [-0.4, -0.2) is 11.4 Å². The van der Waals surface area contributed by atoms with E-state index in [1.807, 2.05) is 30.3 Å². The van der Waals surface area contributed by atoms with E-state index in [0.717, 1.165) is 5.56 Å². The first-order valence-corrected chi connectivity index (χ1v) is 6.15. The quantitative estimate of drug-likeness (QED) is 0.865. The average molecular weight is 277 g/mol. The van der Waals surface area contributed by atoms with Crippen molar-refractivity contribution in [1.29, 1.82) is 0 Å². The maximum absolute atomic E-state index is 10.8. The van der Waals surface area contributed by atoms with Crippen LogP contribution in [0.15, 0.2) is 36.4 Å². The Hall–Kier alpha value is -2.00. The molecule has 1 N–H and O–H groups in total. The highest BCUT2D eigenvalue weighted by Crippen LogP contribution is 2.38. The van der Waals surface area contributed by atoms with Gasteiger partial charge in [0.05, 0.1) is 5.56 Å². The molecule has 0 amide bonds. The van der Waals surface area contributed by atoms with Gasteiger partial charge in [0.15, 0.2) is 6.29 Å². The molecule has 0 aliphatic heterocycles. The number of aromatic hydroxyl groups is 1. The lowest BCUT2D eigenvalue weighted by molar-refractivity contribution is 0.112. The average Bonchev–Trinajstić information content (AvgIpc) is 2.44. The molecule has 19 heavy (non-hydrogen) atoms. The van der Waals surface area contributed by atoms with Gasteiger partial charge < -0.3 is 9.84 Å². The minimum atomic E-state index is -0.245. The van der Waals surface area contributed by atoms with Gasteiger partial charge in [0, 0.05) is 0 Å². The number of phenolic OH excluding ortho intramolecular Hbond substituents is 1. The van der Waals surface area contributed by atoms with Gasteiger partial charge in [-0.2, -0.15) is 0 Å². The lowest BCUT2D eigenvalue weighted by Crippen LogP contribution is -1.99. The fourth-order valence-electron chi connectivity index (χ4n) is 1.77. The Labute approximate surface area is 116 Å². The molecule has 0 spiro atoms. The molecule has 0 radical (unpaired) electrons. The number of ether oxygens (including phenoxy) is 1. The Bertz CT molecular complexity index is 594. The zero-order valence-corrected chi connectivity index (χ0v) is 11.1. The predicted octanol–water partition coefficient (Wildman–Crippen LogP) is 3.75. The minimum Gasteiger partial charge on any atom is -0.505 e. The molecule has 4 heteroatoms. The molecule has 0 heterocycles. The summed E-state index contributed by atoms with van der Waals surface area (Å²) in [4.78, 5) is 10.8. The first-order chi connectivity index (χ1) is 9.13. The van der Waals surface area contributed by atoms with Crippen LogP contribution in [0.5, 0.6) is 11.5 Å². The third-order valence-electron chi connectivity index (χ3n) is 2.76. The van der Waals surface area contributed by atoms with Crippen LogP contribution in [0.4, 0.5) is 0 Å². The van der Waals surface area contributed by atoms with Crippen molar-refractivity contribution in [1.82, 2.24) is 0 Å². The van der Waals surface area contributed by atoms with Gasteiger partial charge in [-0.3, -0.25) is 4.79 Å². The molecule has 0 aliphatic carbocycles. The van der Waals surface area contributed by atoms with Gasteiger partial charge in [-0.25, -0.2) is 0 Å². The summed E-state index contributed by atoms with van der Waals surface area (Å²) in [5, 5.41) is 9.82. The van der Waals surface area contributed by atoms with Crippen molar-refractivity contribution in [3.63, 3.8) is 0 Å². The minimum absolute atomic E-state index is 0.0676. The summed E-state index contributed by atoms with van der Waals surface area (Å²) < 4.78 is 5.63. The zero-order valence-electron chi connectivity index (χ0n) is 10.4. The highest BCUT2D eigenvalue weighted by Gasteiger charge is 2.15. The molecule has 3 nitrogen and oxygen atoms in total. The Morgan fingerprint density at radius 2 is 2.00 bits per heavy atom. The van der Waals surface area contributed by atoms with Gasteiger partial charge in [0.25, 0.3) is 0 Å². The third-order valence-corrected chi connectivity index (χ3v) is 3.11. The van der Waals surface area contributed by atoms with E-state index in [0.29, 0.717) is 24.2 Å². The summed E-state index contributed by atoms with van der Waals surface area (Å²) in [5.74, 6) is 0.152. The Kier molecular flexibility index (Phi) is 4.07. The van der Waals surface area contributed by atoms with Crippen LogP contribution in [0.1, 0.15) is 21.5 Å². The van der Waals surface area contributed by atoms with Gasteiger partial charge in [0.2, 0.25) is 0 Å². The Morgan fingerprint density at radius 3 is 2.63 bits per heavy atom. The van der Waals surface area contributed by atoms with E-state index in [4.69, 9.17) is 16.3 Å². The second kappa shape index (κ2) is 5.76. The van der Waals surface area contributed by atoms with Gasteiger partial charge >= 0.3 is 0 Å². The van der Waals surface area contributed by atoms with Crippen LogP contribution >= 0.6 is 11.6 Å². The molecule has 2 aromatic carbocycles. The number of halogens is 1. The molecule has 0 unspecified atom stereocenters. The highest BCUT2D eigenvalue weighted by atomic mass is 35.5. The molecule has 0 fully saturated rings. The van der Waals surface area contributed by atoms with E-state index in [1.165, 1.54) is 0 Å². The molecular formula is C15H13ClO3. The van der Waals surface area contributed by atoms with Crippen LogP contribution in [0.25, 0.3) is 0 Å². The lowest BCUT2D eigenvalue weighted by Gasteiger charge is -2.13. The number of aldehydes is 1. The van der Waals surface area contributed by atoms with Crippen LogP contribution in [-0.2, 0) is 6.61 Å². The monoisotopic (exact) mass is 276 g/mol. The fraction of sp³-hybridized carbons (Fsp3) is 0.133. The first kappa shape index (κ1) is 13.4. The summed E-state index contributed by atoms with van der Waals surface area (Å²) in [6, 6.07) is 11.2. The maximum atomic E-state index is 10.8. The van der Waals surface area contributed by atoms with Gasteiger partial charge in [0.1, 0.15) is 23.1 Å². The Morgan fingerprint density at radius 1 is 1.32 bits per heavy atom. The van der Waals surface area contributed by atoms with E-state index in [9.17, 15) is 9.90 Å². The summed E-state index contributed by atoms with van der Waals surface area (Å²) in [6.07, 6.45) is 0.565. The maximum Gasteiger partial charge on any atom is 0.153 e. The summed E-state index contributed by atoms with van der Waals surface area (Å²) in [5.41, 5.74) is 1.87. The molecule has 0 aliphatic rings. The van der Waals surface area contributed by atoms with Crippen LogP contribution < -0.4 is 4.74 Å². The molecular weight excluding hydrogens is 264 g/mol. The summed E-state index contributed by atoms with van der Waals surface area (Å²) in [6.45, 7) is 2.12. The van der Waals surface area contributed by atoms with Crippen LogP contribution in [0.2, 0.25) is 5.02 Å². The number of aryl methyl sites for hydroxylation is 1. The van der Waals surface area contributed by atoms with Crippen LogP contribution in [0.3, 0.4) is 0 Å². The molecule has 0 saturated heterocycles. The predicted molar refractivity (Wildman–Crippen MR) is 74.0 cm³/mol. The van der Waals surface area contributed by atoms with Gasteiger partial charge in [-0.15, -0.1) is 0 Å². The number of hydrogen-bond acceptors (Lipinski definition) is 3. The van der Waals surface area contributed by atoms with Crippen molar-refractivity contribution < 1.29 is 14.6 Å². The number of rotatable bonds is 4. The first-order valence-electron chi connectivity index (χ1n) is 5.77.